The van der Waals surface area contributed by atoms with E-state index in [0.29, 0.717) is 16.3 Å². The van der Waals surface area contributed by atoms with Crippen LogP contribution in [0, 0.1) is 0 Å². The van der Waals surface area contributed by atoms with Gasteiger partial charge in [0.1, 0.15) is 0 Å². The quantitative estimate of drug-likeness (QED) is 0.673. The molecule has 2 aromatic carbocycles. The van der Waals surface area contributed by atoms with Crippen LogP contribution in [-0.4, -0.2) is 24.3 Å². The van der Waals surface area contributed by atoms with Crippen LogP contribution in [0.2, 0.25) is 5.02 Å². The Morgan fingerprint density at radius 1 is 1.04 bits per heavy atom. The molecule has 2 aromatic rings. The first-order valence-corrected chi connectivity index (χ1v) is 7.17. The maximum absolute atomic E-state index is 12.0. The summed E-state index contributed by atoms with van der Waals surface area (Å²) in [5.41, 5.74) is 1.14. The number of Topliss-reactive ketones (excluding diaryl/α,β-unsaturated/α-hetero) is 1. The lowest BCUT2D eigenvalue weighted by Crippen LogP contribution is -2.14. The number of esters is 1. The fourth-order valence-corrected chi connectivity index (χ4v) is 1.99. The number of carbonyl (C=O) groups excluding carboxylic acids is 3. The van der Waals surface area contributed by atoms with Gasteiger partial charge in [-0.2, -0.15) is 0 Å². The first-order chi connectivity index (χ1) is 11.0. The number of carbonyl (C=O) groups is 3. The molecule has 0 atom stereocenters. The molecular formula is C17H14ClNO4. The first kappa shape index (κ1) is 16.7. The van der Waals surface area contributed by atoms with Gasteiger partial charge in [-0.25, -0.2) is 4.79 Å². The summed E-state index contributed by atoms with van der Waals surface area (Å²) >= 11 is 5.75. The van der Waals surface area contributed by atoms with Gasteiger partial charge in [-0.3, -0.25) is 9.59 Å². The highest BCUT2D eigenvalue weighted by molar-refractivity contribution is 6.30. The molecule has 0 saturated carbocycles. The van der Waals surface area contributed by atoms with Crippen LogP contribution in [0.1, 0.15) is 27.6 Å². The number of halogens is 1. The number of nitrogens with one attached hydrogen (secondary N) is 1. The van der Waals surface area contributed by atoms with Crippen LogP contribution in [0.15, 0.2) is 48.5 Å². The molecule has 0 radical (unpaired) electrons. The van der Waals surface area contributed by atoms with E-state index in [1.165, 1.54) is 13.0 Å². The Labute approximate surface area is 138 Å². The smallest absolute Gasteiger partial charge is 0.338 e. The van der Waals surface area contributed by atoms with Gasteiger partial charge >= 0.3 is 5.97 Å². The number of rotatable bonds is 5. The molecule has 0 aliphatic rings. The maximum atomic E-state index is 12.0. The van der Waals surface area contributed by atoms with Gasteiger partial charge in [0, 0.05) is 23.2 Å². The lowest BCUT2D eigenvalue weighted by molar-refractivity contribution is -0.114. The highest BCUT2D eigenvalue weighted by Crippen LogP contribution is 2.13. The standard InChI is InChI=1S/C17H14ClNO4/c1-11(20)19-15-4-2-3-13(9-15)17(22)23-10-16(21)12-5-7-14(18)8-6-12/h2-9H,10H2,1H3,(H,19,20). The molecule has 23 heavy (non-hydrogen) atoms. The normalized spacial score (nSPS) is 10.0. The summed E-state index contributed by atoms with van der Waals surface area (Å²) in [5, 5.41) is 3.09. The molecule has 0 aliphatic carbocycles. The van der Waals surface area contributed by atoms with Crippen molar-refractivity contribution >= 4 is 34.9 Å². The van der Waals surface area contributed by atoms with Crippen molar-refractivity contribution in [3.63, 3.8) is 0 Å². The van der Waals surface area contributed by atoms with Gasteiger partial charge in [0.15, 0.2) is 12.4 Å². The Morgan fingerprint density at radius 2 is 1.74 bits per heavy atom. The van der Waals surface area contributed by atoms with Gasteiger partial charge in [0.25, 0.3) is 0 Å². The maximum Gasteiger partial charge on any atom is 0.338 e. The van der Waals surface area contributed by atoms with Crippen LogP contribution >= 0.6 is 11.6 Å². The van der Waals surface area contributed by atoms with E-state index >= 15 is 0 Å². The van der Waals surface area contributed by atoms with E-state index in [9.17, 15) is 14.4 Å². The molecular weight excluding hydrogens is 318 g/mol. The van der Waals surface area contributed by atoms with Gasteiger partial charge in [0.2, 0.25) is 5.91 Å². The summed E-state index contributed by atoms with van der Waals surface area (Å²) in [6.45, 7) is 1.00. The van der Waals surface area contributed by atoms with E-state index in [1.807, 2.05) is 0 Å². The lowest BCUT2D eigenvalue weighted by atomic mass is 10.1. The SMILES string of the molecule is CC(=O)Nc1cccc(C(=O)OCC(=O)c2ccc(Cl)cc2)c1. The van der Waals surface area contributed by atoms with Crippen molar-refractivity contribution in [1.29, 1.82) is 0 Å². The van der Waals surface area contributed by atoms with Gasteiger partial charge in [-0.15, -0.1) is 0 Å². The Bertz CT molecular complexity index is 741. The second-order valence-corrected chi connectivity index (χ2v) is 5.20. The van der Waals surface area contributed by atoms with E-state index in [0.717, 1.165) is 0 Å². The molecule has 0 aromatic heterocycles. The molecule has 0 fully saturated rings. The van der Waals surface area contributed by atoms with E-state index in [1.54, 1.807) is 42.5 Å². The number of hydrogen-bond donors (Lipinski definition) is 1. The van der Waals surface area contributed by atoms with Crippen molar-refractivity contribution in [2.45, 2.75) is 6.92 Å². The van der Waals surface area contributed by atoms with Crippen molar-refractivity contribution < 1.29 is 19.1 Å². The van der Waals surface area contributed by atoms with Crippen LogP contribution in [0.3, 0.4) is 0 Å². The fourth-order valence-electron chi connectivity index (χ4n) is 1.86. The zero-order valence-electron chi connectivity index (χ0n) is 12.3. The predicted octanol–water partition coefficient (Wildman–Crippen LogP) is 3.34. The minimum absolute atomic E-state index is 0.242. The minimum Gasteiger partial charge on any atom is -0.454 e. The molecule has 0 saturated heterocycles. The summed E-state index contributed by atoms with van der Waals surface area (Å²) in [6, 6.07) is 12.6. The molecule has 1 amide bonds. The number of ketones is 1. The third kappa shape index (κ3) is 4.93. The van der Waals surface area contributed by atoms with Crippen molar-refractivity contribution in [2.75, 3.05) is 11.9 Å². The molecule has 0 unspecified atom stereocenters. The molecule has 118 valence electrons. The Morgan fingerprint density at radius 3 is 2.39 bits per heavy atom. The number of ether oxygens (including phenoxy) is 1. The highest BCUT2D eigenvalue weighted by Gasteiger charge is 2.12. The van der Waals surface area contributed by atoms with Crippen LogP contribution in [0.4, 0.5) is 5.69 Å². The summed E-state index contributed by atoms with van der Waals surface area (Å²) < 4.78 is 5.00. The first-order valence-electron chi connectivity index (χ1n) is 6.79. The molecule has 6 heteroatoms. The van der Waals surface area contributed by atoms with Gasteiger partial charge < -0.3 is 10.1 Å². The van der Waals surface area contributed by atoms with Crippen molar-refractivity contribution in [2.24, 2.45) is 0 Å². The molecule has 2 rings (SSSR count). The largest absolute Gasteiger partial charge is 0.454 e. The molecule has 5 nitrogen and oxygen atoms in total. The van der Waals surface area contributed by atoms with Crippen LogP contribution < -0.4 is 5.32 Å². The van der Waals surface area contributed by atoms with Crippen LogP contribution in [0.25, 0.3) is 0 Å². The predicted molar refractivity (Wildman–Crippen MR) is 86.8 cm³/mol. The topological polar surface area (TPSA) is 72.5 Å². The van der Waals surface area contributed by atoms with Gasteiger partial charge in [-0.05, 0) is 42.5 Å². The second-order valence-electron chi connectivity index (χ2n) is 4.77. The van der Waals surface area contributed by atoms with Crippen molar-refractivity contribution in [3.05, 3.63) is 64.7 Å². The summed E-state index contributed by atoms with van der Waals surface area (Å²) in [4.78, 5) is 34.9. The van der Waals surface area contributed by atoms with Gasteiger partial charge in [0.05, 0.1) is 5.56 Å². The van der Waals surface area contributed by atoms with Crippen LogP contribution in [0.5, 0.6) is 0 Å². The molecule has 1 N–H and O–H groups in total. The van der Waals surface area contributed by atoms with E-state index in [-0.39, 0.29) is 23.9 Å². The van der Waals surface area contributed by atoms with Crippen LogP contribution in [-0.2, 0) is 9.53 Å². The Hall–Kier alpha value is -2.66. The third-order valence-corrected chi connectivity index (χ3v) is 3.17. The Kier molecular flexibility index (Phi) is 5.49. The molecule has 0 aliphatic heterocycles. The molecule has 0 heterocycles. The molecule has 0 spiro atoms. The Balaban J connectivity index is 1.98. The van der Waals surface area contributed by atoms with Gasteiger partial charge in [-0.1, -0.05) is 17.7 Å². The summed E-state index contributed by atoms with van der Waals surface area (Å²) in [6.07, 6.45) is 0. The average molecular weight is 332 g/mol. The number of hydrogen-bond acceptors (Lipinski definition) is 4. The monoisotopic (exact) mass is 331 g/mol. The average Bonchev–Trinajstić information content (AvgIpc) is 2.52. The van der Waals surface area contributed by atoms with E-state index in [4.69, 9.17) is 16.3 Å². The van der Waals surface area contributed by atoms with Crippen molar-refractivity contribution in [1.82, 2.24) is 0 Å². The fraction of sp³-hybridized carbons (Fsp3) is 0.118. The molecule has 0 bridgehead atoms. The number of amides is 1. The third-order valence-electron chi connectivity index (χ3n) is 2.92. The zero-order chi connectivity index (χ0) is 16.8. The second kappa shape index (κ2) is 7.56. The zero-order valence-corrected chi connectivity index (χ0v) is 13.1. The lowest BCUT2D eigenvalue weighted by Gasteiger charge is -2.07. The minimum atomic E-state index is -0.639. The number of benzene rings is 2. The summed E-state index contributed by atoms with van der Waals surface area (Å²) in [7, 11) is 0. The highest BCUT2D eigenvalue weighted by atomic mass is 35.5. The number of anilines is 1. The van der Waals surface area contributed by atoms with Crippen molar-refractivity contribution in [3.8, 4) is 0 Å². The van der Waals surface area contributed by atoms with E-state index < -0.39 is 5.97 Å². The van der Waals surface area contributed by atoms with E-state index in [2.05, 4.69) is 5.32 Å². The summed E-state index contributed by atoms with van der Waals surface area (Å²) in [5.74, 6) is -1.21.